The van der Waals surface area contributed by atoms with E-state index in [4.69, 9.17) is 15.2 Å². The van der Waals surface area contributed by atoms with Crippen molar-refractivity contribution in [3.63, 3.8) is 0 Å². The van der Waals surface area contributed by atoms with Crippen LogP contribution in [0.1, 0.15) is 19.4 Å². The summed E-state index contributed by atoms with van der Waals surface area (Å²) in [6.07, 6.45) is 1.81. The molecule has 2 rings (SSSR count). The average molecular weight is 287 g/mol. The lowest BCUT2D eigenvalue weighted by atomic mass is 10.2. The van der Waals surface area contributed by atoms with Crippen LogP contribution in [0.3, 0.4) is 0 Å². The Labute approximate surface area is 125 Å². The van der Waals surface area contributed by atoms with Crippen LogP contribution >= 0.6 is 0 Å². The van der Waals surface area contributed by atoms with E-state index in [2.05, 4.69) is 10.3 Å². The second-order valence-electron chi connectivity index (χ2n) is 4.94. The Morgan fingerprint density at radius 3 is 2.76 bits per heavy atom. The Bertz CT molecular complexity index is 600. The van der Waals surface area contributed by atoms with Crippen molar-refractivity contribution in [3.05, 3.63) is 42.1 Å². The van der Waals surface area contributed by atoms with Crippen molar-refractivity contribution in [2.75, 3.05) is 18.2 Å². The summed E-state index contributed by atoms with van der Waals surface area (Å²) in [6.45, 7) is 4.55. The van der Waals surface area contributed by atoms with Gasteiger partial charge >= 0.3 is 0 Å². The SMILES string of the molecule is COc1ccc(NCc2cccnc2OC(C)C)c(N)c1. The van der Waals surface area contributed by atoms with E-state index in [1.807, 2.05) is 38.1 Å². The lowest BCUT2D eigenvalue weighted by Gasteiger charge is -2.15. The van der Waals surface area contributed by atoms with Gasteiger partial charge in [-0.3, -0.25) is 0 Å². The van der Waals surface area contributed by atoms with Crippen LogP contribution in [-0.4, -0.2) is 18.2 Å². The van der Waals surface area contributed by atoms with Crippen molar-refractivity contribution in [3.8, 4) is 11.6 Å². The first-order valence-corrected chi connectivity index (χ1v) is 6.88. The first kappa shape index (κ1) is 15.0. The summed E-state index contributed by atoms with van der Waals surface area (Å²) < 4.78 is 10.8. The Hall–Kier alpha value is -2.43. The molecule has 0 spiro atoms. The number of hydrogen-bond acceptors (Lipinski definition) is 5. The number of nitrogen functional groups attached to an aromatic ring is 1. The van der Waals surface area contributed by atoms with Gasteiger partial charge in [0.25, 0.3) is 0 Å². The lowest BCUT2D eigenvalue weighted by molar-refractivity contribution is 0.230. The number of aromatic nitrogens is 1. The van der Waals surface area contributed by atoms with Gasteiger partial charge in [-0.15, -0.1) is 0 Å². The molecule has 0 bridgehead atoms. The molecule has 0 saturated heterocycles. The van der Waals surface area contributed by atoms with Crippen LogP contribution in [0.25, 0.3) is 0 Å². The summed E-state index contributed by atoms with van der Waals surface area (Å²) in [5.41, 5.74) is 8.48. The highest BCUT2D eigenvalue weighted by Crippen LogP contribution is 2.25. The molecule has 21 heavy (non-hydrogen) atoms. The van der Waals surface area contributed by atoms with E-state index >= 15 is 0 Å². The van der Waals surface area contributed by atoms with E-state index in [0.29, 0.717) is 18.1 Å². The number of pyridine rings is 1. The Morgan fingerprint density at radius 2 is 2.10 bits per heavy atom. The summed E-state index contributed by atoms with van der Waals surface area (Å²) >= 11 is 0. The molecule has 0 saturated carbocycles. The van der Waals surface area contributed by atoms with Crippen molar-refractivity contribution in [1.82, 2.24) is 4.98 Å². The second kappa shape index (κ2) is 6.83. The fourth-order valence-electron chi connectivity index (χ4n) is 1.91. The molecular weight excluding hydrogens is 266 g/mol. The number of rotatable bonds is 6. The first-order valence-electron chi connectivity index (χ1n) is 6.88. The van der Waals surface area contributed by atoms with Gasteiger partial charge < -0.3 is 20.5 Å². The predicted octanol–water partition coefficient (Wildman–Crippen LogP) is 3.07. The molecule has 112 valence electrons. The van der Waals surface area contributed by atoms with E-state index < -0.39 is 0 Å². The van der Waals surface area contributed by atoms with Gasteiger partial charge in [0.05, 0.1) is 24.6 Å². The molecule has 0 fully saturated rings. The molecule has 0 aliphatic heterocycles. The largest absolute Gasteiger partial charge is 0.497 e. The normalized spacial score (nSPS) is 10.5. The van der Waals surface area contributed by atoms with Crippen LogP contribution in [0.4, 0.5) is 11.4 Å². The van der Waals surface area contributed by atoms with Crippen molar-refractivity contribution >= 4 is 11.4 Å². The second-order valence-corrected chi connectivity index (χ2v) is 4.94. The van der Waals surface area contributed by atoms with Crippen LogP contribution in [0, 0.1) is 0 Å². The highest BCUT2D eigenvalue weighted by atomic mass is 16.5. The molecule has 0 aliphatic carbocycles. The fourth-order valence-corrected chi connectivity index (χ4v) is 1.91. The zero-order chi connectivity index (χ0) is 15.2. The Morgan fingerprint density at radius 1 is 1.29 bits per heavy atom. The summed E-state index contributed by atoms with van der Waals surface area (Å²) in [5, 5.41) is 3.29. The van der Waals surface area contributed by atoms with Gasteiger partial charge in [-0.1, -0.05) is 6.07 Å². The van der Waals surface area contributed by atoms with E-state index in [-0.39, 0.29) is 6.10 Å². The van der Waals surface area contributed by atoms with Crippen LogP contribution in [0.5, 0.6) is 11.6 Å². The third-order valence-corrected chi connectivity index (χ3v) is 2.93. The molecule has 5 heteroatoms. The molecule has 2 aromatic rings. The van der Waals surface area contributed by atoms with Crippen molar-refractivity contribution in [2.24, 2.45) is 0 Å². The standard InChI is InChI=1S/C16H21N3O2/c1-11(2)21-16-12(5-4-8-18-16)10-19-15-7-6-13(20-3)9-14(15)17/h4-9,11,19H,10,17H2,1-3H3. The summed E-state index contributed by atoms with van der Waals surface area (Å²) in [5.74, 6) is 1.38. The van der Waals surface area contributed by atoms with Gasteiger partial charge in [0, 0.05) is 24.4 Å². The van der Waals surface area contributed by atoms with Gasteiger partial charge in [0.15, 0.2) is 0 Å². The van der Waals surface area contributed by atoms with Crippen LogP contribution < -0.4 is 20.5 Å². The number of methoxy groups -OCH3 is 1. The van der Waals surface area contributed by atoms with Crippen molar-refractivity contribution in [2.45, 2.75) is 26.5 Å². The molecule has 0 aliphatic rings. The highest BCUT2D eigenvalue weighted by Gasteiger charge is 2.07. The summed E-state index contributed by atoms with van der Waals surface area (Å²) in [4.78, 5) is 4.27. The minimum atomic E-state index is 0.0877. The van der Waals surface area contributed by atoms with Gasteiger partial charge in [-0.2, -0.15) is 0 Å². The molecule has 0 unspecified atom stereocenters. The maximum Gasteiger partial charge on any atom is 0.218 e. The molecule has 0 radical (unpaired) electrons. The first-order chi connectivity index (χ1) is 10.1. The maximum atomic E-state index is 5.99. The minimum Gasteiger partial charge on any atom is -0.497 e. The quantitative estimate of drug-likeness (QED) is 0.799. The molecule has 0 atom stereocenters. The summed E-state index contributed by atoms with van der Waals surface area (Å²) in [6, 6.07) is 9.43. The number of nitrogens with two attached hydrogens (primary N) is 1. The molecular formula is C16H21N3O2. The average Bonchev–Trinajstić information content (AvgIpc) is 2.46. The highest BCUT2D eigenvalue weighted by molar-refractivity contribution is 5.68. The number of nitrogens with zero attached hydrogens (tertiary/aromatic N) is 1. The zero-order valence-corrected chi connectivity index (χ0v) is 12.6. The lowest BCUT2D eigenvalue weighted by Crippen LogP contribution is -2.11. The maximum absolute atomic E-state index is 5.99. The van der Waals surface area contributed by atoms with Crippen LogP contribution in [-0.2, 0) is 6.54 Å². The topological polar surface area (TPSA) is 69.4 Å². The molecule has 3 N–H and O–H groups in total. The van der Waals surface area contributed by atoms with Crippen molar-refractivity contribution < 1.29 is 9.47 Å². The molecule has 1 aromatic heterocycles. The molecule has 1 heterocycles. The van der Waals surface area contributed by atoms with Crippen LogP contribution in [0.15, 0.2) is 36.5 Å². The summed E-state index contributed by atoms with van der Waals surface area (Å²) in [7, 11) is 1.62. The number of benzene rings is 1. The Kier molecular flexibility index (Phi) is 4.87. The van der Waals surface area contributed by atoms with E-state index in [0.717, 1.165) is 17.0 Å². The van der Waals surface area contributed by atoms with E-state index in [9.17, 15) is 0 Å². The zero-order valence-electron chi connectivity index (χ0n) is 12.6. The van der Waals surface area contributed by atoms with Gasteiger partial charge in [-0.05, 0) is 32.0 Å². The number of nitrogens with one attached hydrogen (secondary N) is 1. The molecule has 5 nitrogen and oxygen atoms in total. The van der Waals surface area contributed by atoms with Crippen molar-refractivity contribution in [1.29, 1.82) is 0 Å². The number of anilines is 2. The van der Waals surface area contributed by atoms with Crippen LogP contribution in [0.2, 0.25) is 0 Å². The van der Waals surface area contributed by atoms with E-state index in [1.165, 1.54) is 0 Å². The van der Waals surface area contributed by atoms with Gasteiger partial charge in [-0.25, -0.2) is 4.98 Å². The van der Waals surface area contributed by atoms with Gasteiger partial charge in [0.1, 0.15) is 5.75 Å². The molecule has 1 aromatic carbocycles. The smallest absolute Gasteiger partial charge is 0.218 e. The fraction of sp³-hybridized carbons (Fsp3) is 0.312. The predicted molar refractivity (Wildman–Crippen MR) is 84.7 cm³/mol. The number of ether oxygens (including phenoxy) is 2. The van der Waals surface area contributed by atoms with E-state index in [1.54, 1.807) is 19.4 Å². The monoisotopic (exact) mass is 287 g/mol. The number of hydrogen-bond donors (Lipinski definition) is 2. The minimum absolute atomic E-state index is 0.0877. The third-order valence-electron chi connectivity index (χ3n) is 2.93. The molecule has 0 amide bonds. The van der Waals surface area contributed by atoms with Gasteiger partial charge in [0.2, 0.25) is 5.88 Å². The Balaban J connectivity index is 2.09. The third kappa shape index (κ3) is 4.02.